The number of ketones is 1. The van der Waals surface area contributed by atoms with Crippen LogP contribution in [0.15, 0.2) is 42.5 Å². The summed E-state index contributed by atoms with van der Waals surface area (Å²) in [5, 5.41) is 33.8. The molecular formula is C66H106O16. The Kier molecular flexibility index (Phi) is 44.5. The van der Waals surface area contributed by atoms with Crippen LogP contribution in [0, 0.1) is 5.41 Å². The minimum Gasteiger partial charge on any atom is -0.481 e. The van der Waals surface area contributed by atoms with Crippen LogP contribution in [-0.2, 0) is 33.3 Å². The Labute approximate surface area is 491 Å². The molecule has 0 aliphatic carbocycles. The summed E-state index contributed by atoms with van der Waals surface area (Å²) in [6.45, 7) is 16.3. The number of aliphatic carboxylic acids is 3. The Balaban J connectivity index is 0.00000133. The van der Waals surface area contributed by atoms with E-state index in [0.717, 1.165) is 64.2 Å². The Morgan fingerprint density at radius 3 is 0.927 bits per heavy atom. The molecular weight excluding hydrogens is 1050 g/mol. The van der Waals surface area contributed by atoms with Crippen molar-refractivity contribution >= 4 is 47.6 Å². The van der Waals surface area contributed by atoms with Crippen molar-refractivity contribution in [2.24, 2.45) is 5.41 Å². The van der Waals surface area contributed by atoms with Crippen LogP contribution in [0.25, 0.3) is 0 Å². The highest BCUT2D eigenvalue weighted by Gasteiger charge is 2.41. The summed E-state index contributed by atoms with van der Waals surface area (Å²) < 4.78 is 21.9. The molecule has 466 valence electrons. The molecule has 0 atom stereocenters. The third-order valence-corrected chi connectivity index (χ3v) is 14.8. The molecule has 0 unspecified atom stereocenters. The first-order valence-corrected chi connectivity index (χ1v) is 31.2. The van der Waals surface area contributed by atoms with Crippen LogP contribution in [0.3, 0.4) is 0 Å². The van der Waals surface area contributed by atoms with Crippen molar-refractivity contribution in [3.8, 4) is 0 Å². The van der Waals surface area contributed by atoms with Crippen molar-refractivity contribution < 1.29 is 77.7 Å². The van der Waals surface area contributed by atoms with Gasteiger partial charge in [0, 0.05) is 11.0 Å². The Morgan fingerprint density at radius 1 is 0.366 bits per heavy atom. The van der Waals surface area contributed by atoms with Crippen LogP contribution >= 0.6 is 0 Å². The van der Waals surface area contributed by atoms with Gasteiger partial charge >= 0.3 is 41.8 Å². The minimum atomic E-state index is -2.74. The van der Waals surface area contributed by atoms with Gasteiger partial charge in [0.1, 0.15) is 0 Å². The Bertz CT molecular complexity index is 2030. The van der Waals surface area contributed by atoms with Gasteiger partial charge in [-0.1, -0.05) is 215 Å². The molecule has 0 bridgehead atoms. The summed E-state index contributed by atoms with van der Waals surface area (Å²) in [5.74, 6) is -6.95. The lowest BCUT2D eigenvalue weighted by Crippen LogP contribution is -2.42. The summed E-state index contributed by atoms with van der Waals surface area (Å²) in [4.78, 5) is 95.0. The molecule has 0 fully saturated rings. The van der Waals surface area contributed by atoms with Gasteiger partial charge in [0.2, 0.25) is 0 Å². The fraction of sp³-hybridized carbons (Fsp3) is 0.697. The molecule has 2 aromatic rings. The maximum absolute atomic E-state index is 13.8. The minimum absolute atomic E-state index is 0.0999. The van der Waals surface area contributed by atoms with Crippen LogP contribution in [0.4, 0.5) is 0 Å². The van der Waals surface area contributed by atoms with Crippen molar-refractivity contribution in [1.29, 1.82) is 0 Å². The van der Waals surface area contributed by atoms with Crippen LogP contribution < -0.4 is 0 Å². The molecule has 0 aromatic heterocycles. The fourth-order valence-electron chi connectivity index (χ4n) is 9.32. The van der Waals surface area contributed by atoms with Crippen molar-refractivity contribution in [3.63, 3.8) is 0 Å². The van der Waals surface area contributed by atoms with Gasteiger partial charge in [-0.25, -0.2) is 24.0 Å². The topological polar surface area (TPSA) is 254 Å². The molecule has 0 aliphatic heterocycles. The largest absolute Gasteiger partial charge is 0.481 e. The molecule has 0 spiro atoms. The second-order valence-corrected chi connectivity index (χ2v) is 21.5. The zero-order valence-corrected chi connectivity index (χ0v) is 51.4. The van der Waals surface area contributed by atoms with Crippen molar-refractivity contribution in [2.45, 2.75) is 266 Å². The molecule has 0 heterocycles. The predicted molar refractivity (Wildman–Crippen MR) is 321 cm³/mol. The number of carboxylic acids is 3. The van der Waals surface area contributed by atoms with Gasteiger partial charge in [0.05, 0.1) is 61.5 Å². The third-order valence-electron chi connectivity index (χ3n) is 14.8. The van der Waals surface area contributed by atoms with Gasteiger partial charge in [0.25, 0.3) is 0 Å². The molecule has 0 amide bonds. The highest BCUT2D eigenvalue weighted by molar-refractivity contribution is 6.10. The second kappa shape index (κ2) is 47.8. The quantitative estimate of drug-likeness (QED) is 0.0208. The van der Waals surface area contributed by atoms with E-state index in [1.807, 2.05) is 20.8 Å². The number of Topliss-reactive ketones (excluding diaryl/α,β-unsaturated/α-hetero) is 1. The molecule has 16 heteroatoms. The zero-order valence-electron chi connectivity index (χ0n) is 51.4. The van der Waals surface area contributed by atoms with Gasteiger partial charge in [0.15, 0.2) is 11.4 Å². The number of rotatable bonds is 46. The maximum Gasteiger partial charge on any atom is 0.339 e. The number of ether oxygens (including phenoxy) is 4. The van der Waals surface area contributed by atoms with Gasteiger partial charge in [-0.2, -0.15) is 0 Å². The van der Waals surface area contributed by atoms with E-state index in [2.05, 4.69) is 27.7 Å². The van der Waals surface area contributed by atoms with Gasteiger partial charge < -0.3 is 39.4 Å². The first-order chi connectivity index (χ1) is 39.4. The first kappa shape index (κ1) is 76.4. The van der Waals surface area contributed by atoms with Crippen LogP contribution in [0.2, 0.25) is 0 Å². The molecule has 0 saturated carbocycles. The Hall–Kier alpha value is -5.64. The summed E-state index contributed by atoms with van der Waals surface area (Å²) in [7, 11) is 0. The molecule has 0 radical (unpaired) electrons. The molecule has 2 aromatic carbocycles. The molecule has 0 aliphatic rings. The van der Waals surface area contributed by atoms with E-state index in [1.165, 1.54) is 116 Å². The average Bonchev–Trinajstić information content (AvgIpc) is 3.66. The lowest BCUT2D eigenvalue weighted by atomic mass is 9.73. The molecule has 0 saturated heterocycles. The van der Waals surface area contributed by atoms with Crippen LogP contribution in [0.1, 0.15) is 312 Å². The van der Waals surface area contributed by atoms with Crippen LogP contribution in [-0.4, -0.2) is 100 Å². The maximum atomic E-state index is 13.8. The number of unbranched alkanes of at least 4 members (excludes halogenated alkanes) is 24. The molecule has 82 heavy (non-hydrogen) atoms. The van der Waals surface area contributed by atoms with Crippen molar-refractivity contribution in [2.75, 3.05) is 26.4 Å². The number of carbonyl (C=O) groups is 8. The lowest BCUT2D eigenvalue weighted by molar-refractivity contribution is -0.170. The van der Waals surface area contributed by atoms with Gasteiger partial charge in [-0.15, -0.1) is 0 Å². The summed E-state index contributed by atoms with van der Waals surface area (Å²) in [6.07, 6.45) is 32.1. The van der Waals surface area contributed by atoms with Crippen molar-refractivity contribution in [3.05, 3.63) is 70.3 Å². The molecule has 4 N–H and O–H groups in total. The van der Waals surface area contributed by atoms with E-state index in [4.69, 9.17) is 39.4 Å². The number of esters is 4. The SMILES string of the molecule is CCCCCCCCCCOC(=O)c1ccccc1C(=O)OCCCCCCCCCC.CCCCCCCCOC(=O)c1ccc(C(=O)OCCCCCCCC)c(C(=O)C(CC)(CC)CC)c1.O=C(O)CC(O)(CC(=O)O)C(=O)O. The van der Waals surface area contributed by atoms with Gasteiger partial charge in [-0.05, 0) is 75.3 Å². The van der Waals surface area contributed by atoms with E-state index in [1.54, 1.807) is 42.5 Å². The number of aliphatic hydroxyl groups is 1. The molecule has 2 rings (SSSR count). The normalized spacial score (nSPS) is 11.1. The first-order valence-electron chi connectivity index (χ1n) is 31.2. The number of benzene rings is 2. The highest BCUT2D eigenvalue weighted by atomic mass is 16.5. The second-order valence-electron chi connectivity index (χ2n) is 21.5. The summed E-state index contributed by atoms with van der Waals surface area (Å²) in [5.41, 5.74) is -1.90. The number of hydrogen-bond acceptors (Lipinski definition) is 13. The van der Waals surface area contributed by atoms with E-state index in [-0.39, 0.29) is 16.9 Å². The van der Waals surface area contributed by atoms with Crippen molar-refractivity contribution in [1.82, 2.24) is 0 Å². The number of hydrogen-bond donors (Lipinski definition) is 4. The third kappa shape index (κ3) is 33.5. The van der Waals surface area contributed by atoms with Gasteiger partial charge in [-0.3, -0.25) is 14.4 Å². The van der Waals surface area contributed by atoms with Crippen LogP contribution in [0.5, 0.6) is 0 Å². The summed E-state index contributed by atoms with van der Waals surface area (Å²) in [6, 6.07) is 11.5. The number of carbonyl (C=O) groups excluding carboxylic acids is 5. The highest BCUT2D eigenvalue weighted by Crippen LogP contribution is 2.36. The predicted octanol–water partition coefficient (Wildman–Crippen LogP) is 16.2. The monoisotopic (exact) mass is 1150 g/mol. The fourth-order valence-corrected chi connectivity index (χ4v) is 9.32. The number of carboxylic acid groups (broad SMARTS) is 3. The lowest BCUT2D eigenvalue weighted by Gasteiger charge is -2.29. The summed E-state index contributed by atoms with van der Waals surface area (Å²) >= 11 is 0. The van der Waals surface area contributed by atoms with E-state index < -0.39 is 65.6 Å². The van der Waals surface area contributed by atoms with E-state index in [9.17, 15) is 38.4 Å². The van der Waals surface area contributed by atoms with E-state index >= 15 is 0 Å². The van der Waals surface area contributed by atoms with E-state index in [0.29, 0.717) is 62.4 Å². The average molecular weight is 1160 g/mol. The smallest absolute Gasteiger partial charge is 0.339 e. The molecule has 16 nitrogen and oxygen atoms in total. The standard InChI is InChI=1S/C32H52O5.C28H46O4.C6H8O7/c1-6-11-13-15-17-19-23-36-30(34)26-21-22-27(31(35)37-24-20-18-16-14-12-7-2)28(25-26)29(33)32(8-3,9-4)10-5;1-3-5-7-9-11-13-15-19-23-31-27(29)25-21-17-18-22-26(25)28(30)32-24-20-16-14-12-10-8-6-4-2;7-3(8)1-6(13,5(11)12)2-4(9)10/h21-22,25H,6-20,23-24H2,1-5H3;17-18,21-22H,3-16,19-20,23-24H2,1-2H3;13H,1-2H2,(H,7,8)(H,9,10)(H,11,12). The Morgan fingerprint density at radius 2 is 0.646 bits per heavy atom. The zero-order chi connectivity index (χ0) is 61.4.